The lowest BCUT2D eigenvalue weighted by Crippen LogP contribution is -2.50. The Labute approximate surface area is 118 Å². The molecule has 0 aromatic rings. The highest BCUT2D eigenvalue weighted by molar-refractivity contribution is 5.81. The summed E-state index contributed by atoms with van der Waals surface area (Å²) in [5.41, 5.74) is 0. The van der Waals surface area contributed by atoms with Crippen molar-refractivity contribution >= 4 is 5.91 Å². The first-order chi connectivity index (χ1) is 9.04. The second-order valence-corrected chi connectivity index (χ2v) is 6.05. The maximum atomic E-state index is 12.1. The number of amides is 1. The predicted molar refractivity (Wildman–Crippen MR) is 80.2 cm³/mol. The van der Waals surface area contributed by atoms with Crippen LogP contribution in [0, 0.1) is 5.92 Å². The third-order valence-corrected chi connectivity index (χ3v) is 3.76. The highest BCUT2D eigenvalue weighted by Crippen LogP contribution is 2.14. The number of nitrogens with one attached hydrogen (secondary N) is 2. The Balaban J connectivity index is 2.51. The van der Waals surface area contributed by atoms with Crippen LogP contribution >= 0.6 is 0 Å². The van der Waals surface area contributed by atoms with E-state index in [1.807, 2.05) is 20.8 Å². The molecule has 0 radical (unpaired) electrons. The quantitative estimate of drug-likeness (QED) is 0.738. The van der Waals surface area contributed by atoms with Crippen molar-refractivity contribution in [3.8, 4) is 0 Å². The van der Waals surface area contributed by atoms with E-state index in [0.29, 0.717) is 5.92 Å². The van der Waals surface area contributed by atoms with Crippen molar-refractivity contribution in [2.24, 2.45) is 5.92 Å². The van der Waals surface area contributed by atoms with Crippen LogP contribution in [0.3, 0.4) is 0 Å². The number of hydrogen-bond donors (Lipinski definition) is 2. The largest absolute Gasteiger partial charge is 0.353 e. The minimum atomic E-state index is -0.0238. The lowest BCUT2D eigenvalue weighted by molar-refractivity contribution is -0.126. The van der Waals surface area contributed by atoms with Gasteiger partial charge in [-0.2, -0.15) is 0 Å². The molecule has 0 bridgehead atoms. The van der Waals surface area contributed by atoms with Crippen LogP contribution in [-0.4, -0.2) is 49.1 Å². The molecule has 1 fully saturated rings. The Morgan fingerprint density at radius 3 is 2.68 bits per heavy atom. The highest BCUT2D eigenvalue weighted by Gasteiger charge is 2.24. The van der Waals surface area contributed by atoms with Crippen LogP contribution in [0.25, 0.3) is 0 Å². The van der Waals surface area contributed by atoms with Crippen LogP contribution < -0.4 is 10.6 Å². The summed E-state index contributed by atoms with van der Waals surface area (Å²) in [4.78, 5) is 14.5. The Kier molecular flexibility index (Phi) is 7.39. The molecule has 2 N–H and O–H groups in total. The number of nitrogens with zero attached hydrogens (tertiary/aromatic N) is 1. The first-order valence-corrected chi connectivity index (χ1v) is 7.79. The molecule has 0 saturated carbocycles. The second kappa shape index (κ2) is 8.54. The average molecular weight is 269 g/mol. The smallest absolute Gasteiger partial charge is 0.237 e. The van der Waals surface area contributed by atoms with Gasteiger partial charge in [0.25, 0.3) is 0 Å². The summed E-state index contributed by atoms with van der Waals surface area (Å²) in [6, 6.07) is 0.194. The van der Waals surface area contributed by atoms with Gasteiger partial charge in [0.2, 0.25) is 5.91 Å². The van der Waals surface area contributed by atoms with Crippen molar-refractivity contribution in [3.05, 3.63) is 0 Å². The van der Waals surface area contributed by atoms with Gasteiger partial charge in [-0.1, -0.05) is 6.92 Å². The van der Waals surface area contributed by atoms with E-state index < -0.39 is 0 Å². The zero-order chi connectivity index (χ0) is 14.3. The van der Waals surface area contributed by atoms with Crippen LogP contribution in [-0.2, 0) is 4.79 Å². The molecule has 2 unspecified atom stereocenters. The summed E-state index contributed by atoms with van der Waals surface area (Å²) >= 11 is 0. The van der Waals surface area contributed by atoms with Crippen molar-refractivity contribution in [1.82, 2.24) is 15.5 Å². The summed E-state index contributed by atoms with van der Waals surface area (Å²) in [7, 11) is 0. The van der Waals surface area contributed by atoms with Gasteiger partial charge >= 0.3 is 0 Å². The zero-order valence-electron chi connectivity index (χ0n) is 13.0. The van der Waals surface area contributed by atoms with Gasteiger partial charge in [-0.25, -0.2) is 0 Å². The molecule has 1 amide bonds. The molecule has 2 atom stereocenters. The van der Waals surface area contributed by atoms with Crippen molar-refractivity contribution < 1.29 is 4.79 Å². The Morgan fingerprint density at radius 1 is 1.42 bits per heavy atom. The third-order valence-electron chi connectivity index (χ3n) is 3.76. The van der Waals surface area contributed by atoms with Gasteiger partial charge in [0.1, 0.15) is 0 Å². The average Bonchev–Trinajstić information content (AvgIpc) is 2.38. The second-order valence-electron chi connectivity index (χ2n) is 6.05. The van der Waals surface area contributed by atoms with Crippen LogP contribution in [0.4, 0.5) is 0 Å². The number of hydrogen-bond acceptors (Lipinski definition) is 3. The number of carbonyl (C=O) groups is 1. The fourth-order valence-electron chi connectivity index (χ4n) is 2.71. The lowest BCUT2D eigenvalue weighted by atomic mass is 9.98. The van der Waals surface area contributed by atoms with Crippen LogP contribution in [0.15, 0.2) is 0 Å². The number of carbonyl (C=O) groups excluding carboxylic acids is 1. The first kappa shape index (κ1) is 16.4. The standard InChI is InChI=1S/C15H31N3O/c1-5-9-18(11-14-7-6-8-16-10-14)13(4)15(19)17-12(2)3/h12-14,16H,5-11H2,1-4H3,(H,17,19). The molecule has 112 valence electrons. The lowest BCUT2D eigenvalue weighted by Gasteiger charge is -2.33. The normalized spacial score (nSPS) is 21.7. The van der Waals surface area contributed by atoms with E-state index in [1.54, 1.807) is 0 Å². The van der Waals surface area contributed by atoms with Gasteiger partial charge < -0.3 is 10.6 Å². The first-order valence-electron chi connectivity index (χ1n) is 7.79. The van der Waals surface area contributed by atoms with E-state index >= 15 is 0 Å². The van der Waals surface area contributed by atoms with Gasteiger partial charge in [0, 0.05) is 12.6 Å². The van der Waals surface area contributed by atoms with Crippen LogP contribution in [0.5, 0.6) is 0 Å². The molecule has 0 aromatic heterocycles. The molecular weight excluding hydrogens is 238 g/mol. The van der Waals surface area contributed by atoms with E-state index in [9.17, 15) is 4.79 Å². The van der Waals surface area contributed by atoms with Gasteiger partial charge in [-0.15, -0.1) is 0 Å². The van der Waals surface area contributed by atoms with E-state index in [-0.39, 0.29) is 18.0 Å². The van der Waals surface area contributed by atoms with Crippen molar-refractivity contribution in [2.75, 3.05) is 26.2 Å². The minimum absolute atomic E-state index is 0.0238. The zero-order valence-corrected chi connectivity index (χ0v) is 13.0. The molecule has 4 heteroatoms. The van der Waals surface area contributed by atoms with E-state index in [4.69, 9.17) is 0 Å². The van der Waals surface area contributed by atoms with E-state index in [0.717, 1.165) is 32.6 Å². The molecule has 0 spiro atoms. The van der Waals surface area contributed by atoms with Crippen LogP contribution in [0.2, 0.25) is 0 Å². The SMILES string of the molecule is CCCN(CC1CCCNC1)C(C)C(=O)NC(C)C. The van der Waals surface area contributed by atoms with Gasteiger partial charge in [-0.3, -0.25) is 9.69 Å². The minimum Gasteiger partial charge on any atom is -0.353 e. The summed E-state index contributed by atoms with van der Waals surface area (Å²) in [5.74, 6) is 0.849. The van der Waals surface area contributed by atoms with Crippen molar-refractivity contribution in [1.29, 1.82) is 0 Å². The fourth-order valence-corrected chi connectivity index (χ4v) is 2.71. The summed E-state index contributed by atoms with van der Waals surface area (Å²) in [6.07, 6.45) is 3.64. The molecule has 1 heterocycles. The summed E-state index contributed by atoms with van der Waals surface area (Å²) < 4.78 is 0. The van der Waals surface area contributed by atoms with Gasteiger partial charge in [0.05, 0.1) is 6.04 Å². The van der Waals surface area contributed by atoms with E-state index in [1.165, 1.54) is 12.8 Å². The maximum Gasteiger partial charge on any atom is 0.237 e. The van der Waals surface area contributed by atoms with E-state index in [2.05, 4.69) is 22.5 Å². The molecule has 1 aliphatic rings. The van der Waals surface area contributed by atoms with Crippen molar-refractivity contribution in [2.45, 2.75) is 59.0 Å². The predicted octanol–water partition coefficient (Wildman–Crippen LogP) is 1.61. The summed E-state index contributed by atoms with van der Waals surface area (Å²) in [5, 5.41) is 6.48. The number of piperidine rings is 1. The monoisotopic (exact) mass is 269 g/mol. The molecule has 1 rings (SSSR count). The number of rotatable bonds is 7. The van der Waals surface area contributed by atoms with Crippen LogP contribution in [0.1, 0.15) is 47.0 Å². The fraction of sp³-hybridized carbons (Fsp3) is 0.933. The Hall–Kier alpha value is -0.610. The molecule has 4 nitrogen and oxygen atoms in total. The van der Waals surface area contributed by atoms with Crippen molar-refractivity contribution in [3.63, 3.8) is 0 Å². The Bertz CT molecular complexity index is 262. The topological polar surface area (TPSA) is 44.4 Å². The van der Waals surface area contributed by atoms with Gasteiger partial charge in [0.15, 0.2) is 0 Å². The summed E-state index contributed by atoms with van der Waals surface area (Å²) in [6.45, 7) is 12.5. The molecule has 0 aromatic carbocycles. The molecule has 1 aliphatic heterocycles. The van der Waals surface area contributed by atoms with Gasteiger partial charge in [-0.05, 0) is 65.6 Å². The molecule has 19 heavy (non-hydrogen) atoms. The molecular formula is C15H31N3O. The molecule has 0 aliphatic carbocycles. The maximum absolute atomic E-state index is 12.1. The Morgan fingerprint density at radius 2 is 2.16 bits per heavy atom. The molecule has 1 saturated heterocycles. The highest BCUT2D eigenvalue weighted by atomic mass is 16.2. The third kappa shape index (κ3) is 5.91.